The van der Waals surface area contributed by atoms with Gasteiger partial charge in [0, 0.05) is 12.3 Å². The van der Waals surface area contributed by atoms with Gasteiger partial charge in [0.1, 0.15) is 24.0 Å². The third kappa shape index (κ3) is 6.48. The second-order valence-corrected chi connectivity index (χ2v) is 10.4. The molecule has 3 unspecified atom stereocenters. The van der Waals surface area contributed by atoms with Crippen LogP contribution in [0.4, 0.5) is 4.39 Å². The van der Waals surface area contributed by atoms with Crippen LogP contribution in [0.5, 0.6) is 5.75 Å². The van der Waals surface area contributed by atoms with Crippen LogP contribution >= 0.6 is 7.75 Å². The Morgan fingerprint density at radius 2 is 1.94 bits per heavy atom. The Balaban J connectivity index is 1.80. The number of aliphatic hydroxyl groups excluding tert-OH is 1. The molecule has 0 amide bonds. The minimum absolute atomic E-state index is 0.152. The summed E-state index contributed by atoms with van der Waals surface area (Å²) >= 11 is 0. The molecular formula is C22H29FN3O9P. The SMILES string of the molecule is CC(C)OC(=O)[C@@H](C)NP(=O)(OCC1OC(n2ccc(=O)[nH]c2=O)[C@](C)(F)[C@@H]1O)Oc1ccccc1. The summed E-state index contributed by atoms with van der Waals surface area (Å²) < 4.78 is 51.4. The monoisotopic (exact) mass is 529 g/mol. The molecule has 2 heterocycles. The van der Waals surface area contributed by atoms with E-state index in [1.165, 1.54) is 19.1 Å². The topological polar surface area (TPSA) is 158 Å². The molecular weight excluding hydrogens is 500 g/mol. The van der Waals surface area contributed by atoms with Crippen LogP contribution in [0.25, 0.3) is 0 Å². The number of alkyl halides is 1. The number of H-pyrrole nitrogens is 1. The lowest BCUT2D eigenvalue weighted by atomic mass is 9.98. The van der Waals surface area contributed by atoms with Crippen molar-refractivity contribution in [1.82, 2.24) is 14.6 Å². The summed E-state index contributed by atoms with van der Waals surface area (Å²) in [5, 5.41) is 13.0. The van der Waals surface area contributed by atoms with Crippen molar-refractivity contribution in [2.75, 3.05) is 6.61 Å². The molecule has 2 aromatic rings. The lowest BCUT2D eigenvalue weighted by Crippen LogP contribution is -2.43. The number of aromatic amines is 1. The van der Waals surface area contributed by atoms with Crippen LogP contribution in [0.2, 0.25) is 0 Å². The highest BCUT2D eigenvalue weighted by Crippen LogP contribution is 2.47. The van der Waals surface area contributed by atoms with Crippen LogP contribution in [-0.4, -0.2) is 57.3 Å². The number of carbonyl (C=O) groups is 1. The highest BCUT2D eigenvalue weighted by molar-refractivity contribution is 7.52. The Morgan fingerprint density at radius 1 is 1.28 bits per heavy atom. The molecule has 1 aromatic carbocycles. The van der Waals surface area contributed by atoms with Crippen molar-refractivity contribution in [2.45, 2.75) is 63.9 Å². The van der Waals surface area contributed by atoms with Gasteiger partial charge in [-0.15, -0.1) is 0 Å². The number of nitrogens with one attached hydrogen (secondary N) is 2. The first-order chi connectivity index (χ1) is 16.8. The number of halogens is 1. The van der Waals surface area contributed by atoms with Crippen LogP contribution in [-0.2, 0) is 23.4 Å². The Morgan fingerprint density at radius 3 is 2.56 bits per heavy atom. The fourth-order valence-electron chi connectivity index (χ4n) is 3.47. The van der Waals surface area contributed by atoms with Crippen molar-refractivity contribution in [3.8, 4) is 5.75 Å². The zero-order chi connectivity index (χ0) is 26.7. The van der Waals surface area contributed by atoms with Crippen molar-refractivity contribution >= 4 is 13.7 Å². The molecule has 3 N–H and O–H groups in total. The summed E-state index contributed by atoms with van der Waals surface area (Å²) in [7, 11) is -4.30. The normalized spacial score (nSPS) is 26.4. The molecule has 0 saturated carbocycles. The van der Waals surface area contributed by atoms with Gasteiger partial charge in [-0.25, -0.2) is 13.8 Å². The number of esters is 1. The second kappa shape index (κ2) is 11.1. The first-order valence-electron chi connectivity index (χ1n) is 11.1. The molecule has 3 rings (SSSR count). The molecule has 14 heteroatoms. The molecule has 6 atom stereocenters. The highest BCUT2D eigenvalue weighted by atomic mass is 31.2. The number of aromatic nitrogens is 2. The van der Waals surface area contributed by atoms with E-state index in [9.17, 15) is 24.1 Å². The summed E-state index contributed by atoms with van der Waals surface area (Å²) in [6, 6.07) is 7.86. The first kappa shape index (κ1) is 27.8. The number of benzene rings is 1. The quantitative estimate of drug-likeness (QED) is 0.305. The van der Waals surface area contributed by atoms with Crippen LogP contribution in [0.15, 0.2) is 52.2 Å². The van der Waals surface area contributed by atoms with E-state index in [1.807, 2.05) is 4.98 Å². The van der Waals surface area contributed by atoms with Gasteiger partial charge in [0.2, 0.25) is 0 Å². The van der Waals surface area contributed by atoms with E-state index < -0.39 is 67.8 Å². The average Bonchev–Trinajstić information content (AvgIpc) is 3.01. The number of rotatable bonds is 10. The molecule has 1 aliphatic rings. The Hall–Kier alpha value is -2.83. The van der Waals surface area contributed by atoms with Gasteiger partial charge in [0.15, 0.2) is 11.9 Å². The lowest BCUT2D eigenvalue weighted by Gasteiger charge is -2.25. The average molecular weight is 529 g/mol. The largest absolute Gasteiger partial charge is 0.462 e. The maximum absolute atomic E-state index is 15.4. The summed E-state index contributed by atoms with van der Waals surface area (Å²) in [5.41, 5.74) is -4.12. The summed E-state index contributed by atoms with van der Waals surface area (Å²) in [6.07, 6.45) is -4.21. The van der Waals surface area contributed by atoms with E-state index in [0.29, 0.717) is 0 Å². The zero-order valence-electron chi connectivity index (χ0n) is 20.1. The fraction of sp³-hybridized carbons (Fsp3) is 0.500. The van der Waals surface area contributed by atoms with Crippen molar-refractivity contribution in [3.63, 3.8) is 0 Å². The number of carbonyl (C=O) groups excluding carboxylic acids is 1. The molecule has 12 nitrogen and oxygen atoms in total. The maximum Gasteiger partial charge on any atom is 0.459 e. The van der Waals surface area contributed by atoms with Crippen molar-refractivity contribution in [1.29, 1.82) is 0 Å². The van der Waals surface area contributed by atoms with Crippen molar-refractivity contribution in [2.24, 2.45) is 0 Å². The van der Waals surface area contributed by atoms with E-state index in [4.69, 9.17) is 18.5 Å². The standard InChI is InChI=1S/C22H29FN3O9P/c1-13(2)33-19(29)14(3)25-36(31,35-15-8-6-5-7-9-15)32-12-16-18(28)22(4,23)20(34-16)26-11-10-17(27)24-21(26)30/h5-11,13-14,16,18,20,28H,12H2,1-4H3,(H,25,31)(H,24,27,30)/t14-,16?,18-,20?,22-,36?/m1/s1. The van der Waals surface area contributed by atoms with Crippen LogP contribution in [0.3, 0.4) is 0 Å². The molecule has 0 aliphatic carbocycles. The third-order valence-corrected chi connectivity index (χ3v) is 6.90. The number of nitrogens with zero attached hydrogens (tertiary/aromatic N) is 1. The van der Waals surface area contributed by atoms with Gasteiger partial charge in [-0.3, -0.25) is 23.7 Å². The van der Waals surface area contributed by atoms with Crippen molar-refractivity contribution < 1.29 is 37.4 Å². The van der Waals surface area contributed by atoms with E-state index in [-0.39, 0.29) is 5.75 Å². The molecule has 1 aromatic heterocycles. The summed E-state index contributed by atoms with van der Waals surface area (Å²) in [4.78, 5) is 37.7. The zero-order valence-corrected chi connectivity index (χ0v) is 21.0. The number of aliphatic hydroxyl groups is 1. The van der Waals surface area contributed by atoms with E-state index in [1.54, 1.807) is 32.0 Å². The number of ether oxygens (including phenoxy) is 2. The second-order valence-electron chi connectivity index (χ2n) is 8.67. The minimum atomic E-state index is -4.30. The van der Waals surface area contributed by atoms with Crippen molar-refractivity contribution in [3.05, 3.63) is 63.4 Å². The lowest BCUT2D eigenvalue weighted by molar-refractivity contribution is -0.149. The predicted octanol–water partition coefficient (Wildman–Crippen LogP) is 1.66. The Bertz CT molecular complexity index is 1220. The number of hydrogen-bond acceptors (Lipinski definition) is 9. The molecule has 1 aliphatic heterocycles. The van der Waals surface area contributed by atoms with E-state index in [2.05, 4.69) is 5.09 Å². The molecule has 36 heavy (non-hydrogen) atoms. The maximum atomic E-state index is 15.4. The van der Waals surface area contributed by atoms with Gasteiger partial charge in [-0.1, -0.05) is 18.2 Å². The Kier molecular flexibility index (Phi) is 8.52. The molecule has 0 radical (unpaired) electrons. The number of para-hydroxylation sites is 1. The Labute approximate surface area is 205 Å². The molecule has 0 spiro atoms. The van der Waals surface area contributed by atoms with Gasteiger partial charge >= 0.3 is 19.4 Å². The van der Waals surface area contributed by atoms with Gasteiger partial charge in [0.05, 0.1) is 12.7 Å². The predicted molar refractivity (Wildman–Crippen MR) is 125 cm³/mol. The molecule has 198 valence electrons. The summed E-state index contributed by atoms with van der Waals surface area (Å²) in [6.45, 7) is 5.07. The van der Waals surface area contributed by atoms with Gasteiger partial charge in [-0.2, -0.15) is 5.09 Å². The third-order valence-electron chi connectivity index (χ3n) is 5.26. The van der Waals surface area contributed by atoms with Gasteiger partial charge < -0.3 is 19.1 Å². The van der Waals surface area contributed by atoms with Crippen LogP contribution in [0, 0.1) is 0 Å². The van der Waals surface area contributed by atoms with Crippen LogP contribution < -0.4 is 20.9 Å². The molecule has 1 saturated heterocycles. The first-order valence-corrected chi connectivity index (χ1v) is 12.7. The summed E-state index contributed by atoms with van der Waals surface area (Å²) in [5.74, 6) is -0.560. The highest BCUT2D eigenvalue weighted by Gasteiger charge is 2.55. The van der Waals surface area contributed by atoms with Gasteiger partial charge in [-0.05, 0) is 39.8 Å². The van der Waals surface area contributed by atoms with E-state index in [0.717, 1.165) is 23.8 Å². The fourth-order valence-corrected chi connectivity index (χ4v) is 4.97. The minimum Gasteiger partial charge on any atom is -0.462 e. The number of hydrogen-bond donors (Lipinski definition) is 3. The van der Waals surface area contributed by atoms with E-state index >= 15 is 4.39 Å². The molecule has 0 bridgehead atoms. The smallest absolute Gasteiger partial charge is 0.459 e. The van der Waals surface area contributed by atoms with Crippen LogP contribution in [0.1, 0.15) is 33.9 Å². The molecule has 1 fully saturated rings. The van der Waals surface area contributed by atoms with Gasteiger partial charge in [0.25, 0.3) is 5.56 Å².